The Morgan fingerprint density at radius 2 is 2.00 bits per heavy atom. The first kappa shape index (κ1) is 14.5. The molecule has 5 nitrogen and oxygen atoms in total. The molecule has 0 N–H and O–H groups in total. The Morgan fingerprint density at radius 1 is 1.23 bits per heavy atom. The van der Waals surface area contributed by atoms with Crippen LogP contribution in [0.5, 0.6) is 0 Å². The zero-order valence-corrected chi connectivity index (χ0v) is 12.9. The molecule has 0 saturated carbocycles. The fourth-order valence-corrected chi connectivity index (χ4v) is 2.43. The number of hydrogen-bond acceptors (Lipinski definition) is 3. The molecule has 0 fully saturated rings. The summed E-state index contributed by atoms with van der Waals surface area (Å²) in [5.74, 6) is -0.0980. The third-order valence-electron chi connectivity index (χ3n) is 3.43. The molecule has 0 aliphatic rings. The largest absolute Gasteiger partial charge is 0.333 e. The summed E-state index contributed by atoms with van der Waals surface area (Å²) in [7, 11) is 0. The predicted octanol–water partition coefficient (Wildman–Crippen LogP) is 3.05. The Labute approximate surface area is 133 Å². The van der Waals surface area contributed by atoms with Crippen molar-refractivity contribution in [3.8, 4) is 0 Å². The molecule has 0 radical (unpaired) electrons. The van der Waals surface area contributed by atoms with Crippen LogP contribution in [0.15, 0.2) is 49.1 Å². The second-order valence-corrected chi connectivity index (χ2v) is 5.35. The quantitative estimate of drug-likeness (QED) is 0.743. The predicted molar refractivity (Wildman–Crippen MR) is 84.9 cm³/mol. The van der Waals surface area contributed by atoms with Gasteiger partial charge in [-0.3, -0.25) is 9.78 Å². The minimum atomic E-state index is -0.0980. The van der Waals surface area contributed by atoms with Crippen molar-refractivity contribution in [3.63, 3.8) is 0 Å². The number of fused-ring (bicyclic) bond motifs is 1. The molecule has 0 unspecified atom stereocenters. The van der Waals surface area contributed by atoms with Gasteiger partial charge in [-0.05, 0) is 36.8 Å². The number of imidazole rings is 1. The lowest BCUT2D eigenvalue weighted by atomic mass is 10.2. The fourth-order valence-electron chi connectivity index (χ4n) is 2.27. The minimum absolute atomic E-state index is 0.0980. The maximum atomic E-state index is 12.6. The van der Waals surface area contributed by atoms with E-state index in [2.05, 4.69) is 9.97 Å². The van der Waals surface area contributed by atoms with Crippen molar-refractivity contribution in [3.05, 3.63) is 65.3 Å². The summed E-state index contributed by atoms with van der Waals surface area (Å²) in [5, 5.41) is 0.605. The summed E-state index contributed by atoms with van der Waals surface area (Å²) in [6.07, 6.45) is 6.89. The average molecular weight is 315 g/mol. The van der Waals surface area contributed by atoms with Gasteiger partial charge in [0.25, 0.3) is 5.91 Å². The summed E-state index contributed by atoms with van der Waals surface area (Å²) in [6, 6.07) is 7.35. The zero-order valence-electron chi connectivity index (χ0n) is 12.1. The van der Waals surface area contributed by atoms with Gasteiger partial charge in [-0.1, -0.05) is 11.6 Å². The van der Waals surface area contributed by atoms with Gasteiger partial charge in [0.1, 0.15) is 11.3 Å². The molecule has 3 rings (SSSR count). The van der Waals surface area contributed by atoms with Crippen molar-refractivity contribution in [2.45, 2.75) is 13.5 Å². The van der Waals surface area contributed by atoms with Crippen LogP contribution < -0.4 is 0 Å². The van der Waals surface area contributed by atoms with E-state index in [4.69, 9.17) is 11.6 Å². The van der Waals surface area contributed by atoms with Gasteiger partial charge >= 0.3 is 0 Å². The van der Waals surface area contributed by atoms with E-state index in [1.807, 2.05) is 19.1 Å². The average Bonchev–Trinajstić information content (AvgIpc) is 2.96. The molecule has 0 atom stereocenters. The molecule has 0 aromatic carbocycles. The molecule has 3 aromatic heterocycles. The van der Waals surface area contributed by atoms with Crippen LogP contribution >= 0.6 is 11.6 Å². The van der Waals surface area contributed by atoms with Gasteiger partial charge in [0.2, 0.25) is 0 Å². The van der Waals surface area contributed by atoms with Crippen molar-refractivity contribution in [2.75, 3.05) is 6.54 Å². The number of amides is 1. The Morgan fingerprint density at radius 3 is 2.73 bits per heavy atom. The first-order valence-corrected chi connectivity index (χ1v) is 7.37. The smallest absolute Gasteiger partial charge is 0.274 e. The standard InChI is InChI=1S/C16H15ClN4O/c1-2-20(9-12-5-7-18-8-6-12)16(22)14-11-21-10-13(17)3-4-15(21)19-14/h3-8,10-11H,2,9H2,1H3. The lowest BCUT2D eigenvalue weighted by molar-refractivity contribution is 0.0747. The lowest BCUT2D eigenvalue weighted by Gasteiger charge is -2.19. The molecule has 3 heterocycles. The Balaban J connectivity index is 1.86. The third kappa shape index (κ3) is 2.94. The number of carbonyl (C=O) groups is 1. The Hall–Kier alpha value is -2.40. The summed E-state index contributed by atoms with van der Waals surface area (Å²) >= 11 is 5.95. The van der Waals surface area contributed by atoms with Crippen molar-refractivity contribution >= 4 is 23.2 Å². The molecule has 0 saturated heterocycles. The minimum Gasteiger partial charge on any atom is -0.333 e. The molecule has 0 bridgehead atoms. The van der Waals surface area contributed by atoms with Gasteiger partial charge in [-0.25, -0.2) is 4.98 Å². The van der Waals surface area contributed by atoms with Crippen LogP contribution in [0.1, 0.15) is 23.0 Å². The van der Waals surface area contributed by atoms with E-state index in [1.165, 1.54) is 0 Å². The topological polar surface area (TPSA) is 50.5 Å². The Kier molecular flexibility index (Phi) is 4.06. The third-order valence-corrected chi connectivity index (χ3v) is 3.65. The lowest BCUT2D eigenvalue weighted by Crippen LogP contribution is -2.30. The first-order chi connectivity index (χ1) is 10.7. The van der Waals surface area contributed by atoms with Gasteiger partial charge in [-0.15, -0.1) is 0 Å². The highest BCUT2D eigenvalue weighted by Crippen LogP contribution is 2.14. The van der Waals surface area contributed by atoms with E-state index in [0.29, 0.717) is 29.5 Å². The van der Waals surface area contributed by atoms with Crippen molar-refractivity contribution in [2.24, 2.45) is 0 Å². The number of carbonyl (C=O) groups excluding carboxylic acids is 1. The van der Waals surface area contributed by atoms with Gasteiger partial charge in [-0.2, -0.15) is 0 Å². The van der Waals surface area contributed by atoms with Gasteiger partial charge < -0.3 is 9.30 Å². The summed E-state index contributed by atoms with van der Waals surface area (Å²) in [5.41, 5.74) is 2.16. The molecule has 1 amide bonds. The number of aromatic nitrogens is 3. The molecule has 112 valence electrons. The van der Waals surface area contributed by atoms with E-state index in [9.17, 15) is 4.79 Å². The summed E-state index contributed by atoms with van der Waals surface area (Å²) < 4.78 is 1.76. The number of nitrogens with zero attached hydrogens (tertiary/aromatic N) is 4. The van der Waals surface area contributed by atoms with Crippen LogP contribution in [0.4, 0.5) is 0 Å². The highest BCUT2D eigenvalue weighted by Gasteiger charge is 2.18. The maximum absolute atomic E-state index is 12.6. The van der Waals surface area contributed by atoms with Crippen molar-refractivity contribution < 1.29 is 4.79 Å². The molecule has 0 spiro atoms. The second kappa shape index (κ2) is 6.15. The zero-order chi connectivity index (χ0) is 15.5. The van der Waals surface area contributed by atoms with Crippen LogP contribution in [-0.2, 0) is 6.54 Å². The summed E-state index contributed by atoms with van der Waals surface area (Å²) in [6.45, 7) is 3.09. The van der Waals surface area contributed by atoms with E-state index < -0.39 is 0 Å². The highest BCUT2D eigenvalue weighted by molar-refractivity contribution is 6.30. The van der Waals surface area contributed by atoms with Crippen molar-refractivity contribution in [1.29, 1.82) is 0 Å². The first-order valence-electron chi connectivity index (χ1n) is 7.00. The van der Waals surface area contributed by atoms with Crippen LogP contribution in [0.25, 0.3) is 5.65 Å². The van der Waals surface area contributed by atoms with E-state index >= 15 is 0 Å². The molecular weight excluding hydrogens is 300 g/mol. The fraction of sp³-hybridized carbons (Fsp3) is 0.188. The van der Waals surface area contributed by atoms with Crippen LogP contribution in [0, 0.1) is 0 Å². The van der Waals surface area contributed by atoms with Crippen LogP contribution in [0.3, 0.4) is 0 Å². The van der Waals surface area contributed by atoms with Gasteiger partial charge in [0.05, 0.1) is 5.02 Å². The molecule has 3 aromatic rings. The monoisotopic (exact) mass is 314 g/mol. The van der Waals surface area contributed by atoms with E-state index in [1.54, 1.807) is 46.2 Å². The van der Waals surface area contributed by atoms with Crippen LogP contribution in [0.2, 0.25) is 5.02 Å². The normalized spacial score (nSPS) is 10.8. The molecular formula is C16H15ClN4O. The van der Waals surface area contributed by atoms with Crippen LogP contribution in [-0.4, -0.2) is 31.7 Å². The molecule has 0 aliphatic carbocycles. The summed E-state index contributed by atoms with van der Waals surface area (Å²) in [4.78, 5) is 22.7. The number of pyridine rings is 2. The SMILES string of the molecule is CCN(Cc1ccncc1)C(=O)c1cn2cc(Cl)ccc2n1. The molecule has 22 heavy (non-hydrogen) atoms. The number of halogens is 1. The number of hydrogen-bond donors (Lipinski definition) is 0. The highest BCUT2D eigenvalue weighted by atomic mass is 35.5. The van der Waals surface area contributed by atoms with Crippen molar-refractivity contribution in [1.82, 2.24) is 19.3 Å². The number of rotatable bonds is 4. The molecule has 6 heteroatoms. The Bertz CT molecular complexity index is 800. The van der Waals surface area contributed by atoms with E-state index in [0.717, 1.165) is 5.56 Å². The van der Waals surface area contributed by atoms with Gasteiger partial charge in [0.15, 0.2) is 0 Å². The second-order valence-electron chi connectivity index (χ2n) is 4.91. The van der Waals surface area contributed by atoms with Gasteiger partial charge in [0, 0.05) is 37.9 Å². The molecule has 0 aliphatic heterocycles. The maximum Gasteiger partial charge on any atom is 0.274 e. The van der Waals surface area contributed by atoms with E-state index in [-0.39, 0.29) is 5.91 Å².